The molecule has 3 aromatic rings. The Hall–Kier alpha value is -2.18. The van der Waals surface area contributed by atoms with Gasteiger partial charge in [0.25, 0.3) is 0 Å². The number of thiophene rings is 1. The second-order valence-corrected chi connectivity index (χ2v) is 9.60. The van der Waals surface area contributed by atoms with Gasteiger partial charge in [-0.15, -0.1) is 22.1 Å². The molecule has 0 aliphatic carbocycles. The average Bonchev–Trinajstić information content (AvgIpc) is 3.08. The van der Waals surface area contributed by atoms with Crippen LogP contribution in [0.3, 0.4) is 0 Å². The fourth-order valence-electron chi connectivity index (χ4n) is 2.51. The summed E-state index contributed by atoms with van der Waals surface area (Å²) >= 11 is 12.5. The van der Waals surface area contributed by atoms with Gasteiger partial charge in [-0.3, -0.25) is 14.5 Å². The SMILES string of the molecule is C/C(=N\NC(=S)Nc1ccc(S(N)(O)O)cc1)c1csc(-c2ccc(Cl)cc2)c1O. The monoisotopic (exact) mass is 482 g/mol. The van der Waals surface area contributed by atoms with Crippen molar-refractivity contribution in [2.45, 2.75) is 11.8 Å². The molecule has 0 amide bonds. The minimum atomic E-state index is -3.25. The van der Waals surface area contributed by atoms with Crippen molar-refractivity contribution in [1.29, 1.82) is 0 Å². The summed E-state index contributed by atoms with van der Waals surface area (Å²) in [6.07, 6.45) is 0. The number of hydrogen-bond donors (Lipinski definition) is 6. The Kier molecular flexibility index (Phi) is 6.98. The average molecular weight is 483 g/mol. The summed E-state index contributed by atoms with van der Waals surface area (Å²) in [5, 5.41) is 25.7. The van der Waals surface area contributed by atoms with E-state index in [1.165, 1.54) is 23.5 Å². The lowest BCUT2D eigenvalue weighted by Gasteiger charge is -2.26. The molecule has 3 rings (SSSR count). The van der Waals surface area contributed by atoms with Gasteiger partial charge >= 0.3 is 0 Å². The minimum absolute atomic E-state index is 0.139. The van der Waals surface area contributed by atoms with E-state index in [0.717, 1.165) is 10.4 Å². The van der Waals surface area contributed by atoms with Crippen molar-refractivity contribution in [3.8, 4) is 16.2 Å². The highest BCUT2D eigenvalue weighted by molar-refractivity contribution is 8.22. The first-order valence-corrected chi connectivity index (χ1v) is 11.8. The molecule has 0 aliphatic heterocycles. The molecule has 158 valence electrons. The van der Waals surface area contributed by atoms with Gasteiger partial charge in [-0.05, 0) is 61.1 Å². The number of halogens is 1. The first kappa shape index (κ1) is 22.5. The maximum absolute atomic E-state index is 10.6. The van der Waals surface area contributed by atoms with E-state index in [1.54, 1.807) is 31.2 Å². The zero-order valence-electron chi connectivity index (χ0n) is 15.7. The zero-order valence-corrected chi connectivity index (χ0v) is 18.9. The van der Waals surface area contributed by atoms with Crippen LogP contribution in [0.5, 0.6) is 5.75 Å². The number of nitrogens with one attached hydrogen (secondary N) is 2. The molecule has 0 bridgehead atoms. The highest BCUT2D eigenvalue weighted by atomic mass is 35.5. The van der Waals surface area contributed by atoms with Crippen LogP contribution in [0.4, 0.5) is 5.69 Å². The summed E-state index contributed by atoms with van der Waals surface area (Å²) in [7, 11) is -3.25. The molecule has 0 saturated carbocycles. The van der Waals surface area contributed by atoms with Crippen LogP contribution in [0.15, 0.2) is 63.9 Å². The third kappa shape index (κ3) is 5.49. The molecule has 0 saturated heterocycles. The molecular formula is C19H19ClN4O3S3. The number of benzene rings is 2. The Morgan fingerprint density at radius 3 is 2.37 bits per heavy atom. The van der Waals surface area contributed by atoms with Crippen molar-refractivity contribution in [2.24, 2.45) is 10.2 Å². The first-order chi connectivity index (χ1) is 14.1. The Bertz CT molecular complexity index is 1080. The molecule has 11 heteroatoms. The summed E-state index contributed by atoms with van der Waals surface area (Å²) in [5.41, 5.74) is 5.36. The number of rotatable bonds is 5. The van der Waals surface area contributed by atoms with Gasteiger partial charge in [0.2, 0.25) is 0 Å². The van der Waals surface area contributed by atoms with Gasteiger partial charge in [0.15, 0.2) is 5.11 Å². The van der Waals surface area contributed by atoms with Gasteiger partial charge < -0.3 is 10.4 Å². The minimum Gasteiger partial charge on any atom is -0.506 e. The highest BCUT2D eigenvalue weighted by Crippen LogP contribution is 2.40. The van der Waals surface area contributed by atoms with Gasteiger partial charge in [-0.1, -0.05) is 23.7 Å². The molecular weight excluding hydrogens is 464 g/mol. The number of anilines is 1. The van der Waals surface area contributed by atoms with Crippen molar-refractivity contribution < 1.29 is 14.2 Å². The van der Waals surface area contributed by atoms with E-state index in [0.29, 0.717) is 22.0 Å². The number of aromatic hydroxyl groups is 1. The molecule has 0 aliphatic rings. The lowest BCUT2D eigenvalue weighted by molar-refractivity contribution is 0.478. The van der Waals surface area contributed by atoms with Crippen LogP contribution < -0.4 is 15.9 Å². The summed E-state index contributed by atoms with van der Waals surface area (Å²) in [6, 6.07) is 13.4. The summed E-state index contributed by atoms with van der Waals surface area (Å²) in [6.45, 7) is 1.75. The Morgan fingerprint density at radius 1 is 1.13 bits per heavy atom. The number of thiocarbonyl (C=S) groups is 1. The van der Waals surface area contributed by atoms with Crippen molar-refractivity contribution in [3.05, 3.63) is 64.5 Å². The van der Waals surface area contributed by atoms with Crippen molar-refractivity contribution >= 4 is 62.4 Å². The zero-order chi connectivity index (χ0) is 21.9. The third-order valence-electron chi connectivity index (χ3n) is 4.05. The Morgan fingerprint density at radius 2 is 1.77 bits per heavy atom. The Balaban J connectivity index is 1.66. The predicted molar refractivity (Wildman–Crippen MR) is 130 cm³/mol. The number of nitrogens with zero attached hydrogens (tertiary/aromatic N) is 1. The summed E-state index contributed by atoms with van der Waals surface area (Å²) in [4.78, 5) is 0.952. The van der Waals surface area contributed by atoms with E-state index >= 15 is 0 Å². The fourth-order valence-corrected chi connectivity index (χ4v) is 4.34. The van der Waals surface area contributed by atoms with Gasteiger partial charge in [0, 0.05) is 16.1 Å². The van der Waals surface area contributed by atoms with Crippen LogP contribution in [0.1, 0.15) is 12.5 Å². The van der Waals surface area contributed by atoms with Crippen LogP contribution in [-0.4, -0.2) is 25.0 Å². The van der Waals surface area contributed by atoms with Crippen LogP contribution in [0, 0.1) is 0 Å². The van der Waals surface area contributed by atoms with Crippen molar-refractivity contribution in [1.82, 2.24) is 5.43 Å². The van der Waals surface area contributed by atoms with Crippen LogP contribution in [-0.2, 0) is 0 Å². The molecule has 30 heavy (non-hydrogen) atoms. The van der Waals surface area contributed by atoms with Crippen LogP contribution in [0.25, 0.3) is 10.4 Å². The second kappa shape index (κ2) is 9.31. The maximum Gasteiger partial charge on any atom is 0.191 e. The van der Waals surface area contributed by atoms with Crippen LogP contribution in [0.2, 0.25) is 5.02 Å². The first-order valence-electron chi connectivity index (χ1n) is 8.49. The molecule has 1 heterocycles. The molecule has 0 atom stereocenters. The summed E-state index contributed by atoms with van der Waals surface area (Å²) in [5.74, 6) is 0.139. The van der Waals surface area contributed by atoms with Gasteiger partial charge in [-0.2, -0.15) is 5.10 Å². The molecule has 2 aromatic carbocycles. The van der Waals surface area contributed by atoms with Gasteiger partial charge in [0.05, 0.1) is 21.0 Å². The molecule has 7 N–H and O–H groups in total. The lowest BCUT2D eigenvalue weighted by Crippen LogP contribution is -2.24. The molecule has 0 unspecified atom stereocenters. The van der Waals surface area contributed by atoms with Crippen molar-refractivity contribution in [3.63, 3.8) is 0 Å². The molecule has 0 radical (unpaired) electrons. The quantitative estimate of drug-likeness (QED) is 0.162. The molecule has 0 spiro atoms. The van der Waals surface area contributed by atoms with Crippen LogP contribution >= 0.6 is 45.9 Å². The number of hydrazone groups is 1. The van der Waals surface area contributed by atoms with Crippen molar-refractivity contribution in [2.75, 3.05) is 5.32 Å². The largest absolute Gasteiger partial charge is 0.506 e. The second-order valence-electron chi connectivity index (χ2n) is 6.21. The fraction of sp³-hybridized carbons (Fsp3) is 0.0526. The Labute approximate surface area is 189 Å². The van der Waals surface area contributed by atoms with Gasteiger partial charge in [0.1, 0.15) is 5.75 Å². The van der Waals surface area contributed by atoms with E-state index in [-0.39, 0.29) is 15.8 Å². The summed E-state index contributed by atoms with van der Waals surface area (Å²) < 4.78 is 18.9. The third-order valence-corrected chi connectivity index (χ3v) is 6.47. The standard InChI is InChI=1S/C19H19ClN4O3S3/c1-11(16-10-29-18(17(16)25)12-2-4-13(20)5-3-12)23-24-19(28)22-14-6-8-15(9-7-14)30(21,26)27/h2-10,25-27H,21H2,1H3,(H2,22,24,28)/b23-11+. The van der Waals surface area contributed by atoms with E-state index in [1.807, 2.05) is 17.5 Å². The van der Waals surface area contributed by atoms with E-state index in [9.17, 15) is 14.2 Å². The topological polar surface area (TPSA) is 123 Å². The smallest absolute Gasteiger partial charge is 0.191 e. The highest BCUT2D eigenvalue weighted by Gasteiger charge is 2.15. The predicted octanol–water partition coefficient (Wildman–Crippen LogP) is 5.47. The maximum atomic E-state index is 10.6. The normalized spacial score (nSPS) is 12.5. The molecule has 0 fully saturated rings. The van der Waals surface area contributed by atoms with Gasteiger partial charge in [-0.25, -0.2) is 5.14 Å². The van der Waals surface area contributed by atoms with E-state index < -0.39 is 10.8 Å². The van der Waals surface area contributed by atoms with E-state index in [2.05, 4.69) is 15.8 Å². The number of hydrogen-bond acceptors (Lipinski definition) is 7. The lowest BCUT2D eigenvalue weighted by atomic mass is 10.1. The number of nitrogens with two attached hydrogens (primary N) is 1. The molecule has 7 nitrogen and oxygen atoms in total. The molecule has 1 aromatic heterocycles. The van der Waals surface area contributed by atoms with E-state index in [4.69, 9.17) is 29.0 Å².